The molecule has 0 bridgehead atoms. The van der Waals surface area contributed by atoms with Gasteiger partial charge in [-0.1, -0.05) is 39.9 Å². The van der Waals surface area contributed by atoms with E-state index in [-0.39, 0.29) is 5.91 Å². The Morgan fingerprint density at radius 2 is 2.00 bits per heavy atom. The first-order valence-electron chi connectivity index (χ1n) is 5.72. The Morgan fingerprint density at radius 1 is 1.25 bits per heavy atom. The summed E-state index contributed by atoms with van der Waals surface area (Å²) in [4.78, 5) is 14.5. The van der Waals surface area contributed by atoms with Crippen LogP contribution in [0.2, 0.25) is 0 Å². The summed E-state index contributed by atoms with van der Waals surface area (Å²) >= 11 is 9.94. The number of amides is 1. The highest BCUT2D eigenvalue weighted by Crippen LogP contribution is 2.36. The standard InChI is InChI=1S/C14H8BrNO2S2/c15-9-3-5-10(6-4-9)16-13(17)12(20-14(16)19)8-11-2-1-7-18-11/h1-8H/b12-8-. The van der Waals surface area contributed by atoms with Crippen LogP contribution in [0.15, 0.2) is 56.5 Å². The summed E-state index contributed by atoms with van der Waals surface area (Å²) in [6.45, 7) is 0. The van der Waals surface area contributed by atoms with Gasteiger partial charge in [0.05, 0.1) is 16.9 Å². The van der Waals surface area contributed by atoms with Gasteiger partial charge in [-0.2, -0.15) is 0 Å². The van der Waals surface area contributed by atoms with E-state index in [0.717, 1.165) is 10.2 Å². The van der Waals surface area contributed by atoms with Crippen molar-refractivity contribution in [2.45, 2.75) is 0 Å². The van der Waals surface area contributed by atoms with E-state index in [1.807, 2.05) is 24.3 Å². The van der Waals surface area contributed by atoms with Crippen molar-refractivity contribution in [3.8, 4) is 0 Å². The molecule has 1 amide bonds. The molecule has 3 rings (SSSR count). The predicted molar refractivity (Wildman–Crippen MR) is 88.5 cm³/mol. The van der Waals surface area contributed by atoms with Gasteiger partial charge in [0.15, 0.2) is 4.32 Å². The second-order valence-electron chi connectivity index (χ2n) is 4.01. The van der Waals surface area contributed by atoms with Crippen molar-refractivity contribution in [2.24, 2.45) is 0 Å². The highest BCUT2D eigenvalue weighted by Gasteiger charge is 2.33. The smallest absolute Gasteiger partial charge is 0.270 e. The van der Waals surface area contributed by atoms with Gasteiger partial charge in [0.1, 0.15) is 5.76 Å². The lowest BCUT2D eigenvalue weighted by atomic mass is 10.3. The lowest BCUT2D eigenvalue weighted by Gasteiger charge is -2.14. The highest BCUT2D eigenvalue weighted by atomic mass is 79.9. The summed E-state index contributed by atoms with van der Waals surface area (Å²) in [5.74, 6) is 0.514. The molecule has 0 unspecified atom stereocenters. The molecular weight excluding hydrogens is 358 g/mol. The van der Waals surface area contributed by atoms with Gasteiger partial charge in [-0.3, -0.25) is 9.69 Å². The SMILES string of the molecule is O=C1/C(=C/c2ccco2)SC(=S)N1c1ccc(Br)cc1. The van der Waals surface area contributed by atoms with Gasteiger partial charge in [-0.25, -0.2) is 0 Å². The van der Waals surface area contributed by atoms with Crippen LogP contribution < -0.4 is 4.90 Å². The molecule has 0 radical (unpaired) electrons. The molecule has 0 N–H and O–H groups in total. The quantitative estimate of drug-likeness (QED) is 0.581. The van der Waals surface area contributed by atoms with Gasteiger partial charge in [-0.05, 0) is 36.4 Å². The molecule has 1 aromatic carbocycles. The number of hydrogen-bond donors (Lipinski definition) is 0. The summed E-state index contributed by atoms with van der Waals surface area (Å²) in [5, 5.41) is 0. The maximum absolute atomic E-state index is 12.4. The van der Waals surface area contributed by atoms with Crippen molar-refractivity contribution in [2.75, 3.05) is 4.90 Å². The van der Waals surface area contributed by atoms with Crippen molar-refractivity contribution in [1.82, 2.24) is 0 Å². The fourth-order valence-electron chi connectivity index (χ4n) is 1.78. The molecule has 0 saturated carbocycles. The molecular formula is C14H8BrNO2S2. The number of anilines is 1. The van der Waals surface area contributed by atoms with E-state index in [0.29, 0.717) is 15.0 Å². The molecule has 1 fully saturated rings. The minimum Gasteiger partial charge on any atom is -0.465 e. The molecule has 0 atom stereocenters. The number of benzene rings is 1. The number of carbonyl (C=O) groups excluding carboxylic acids is 1. The van der Waals surface area contributed by atoms with Crippen molar-refractivity contribution >= 4 is 61.9 Å². The van der Waals surface area contributed by atoms with Gasteiger partial charge in [0, 0.05) is 10.5 Å². The Bertz CT molecular complexity index is 692. The van der Waals surface area contributed by atoms with E-state index >= 15 is 0 Å². The van der Waals surface area contributed by atoms with Gasteiger partial charge in [0.25, 0.3) is 5.91 Å². The number of hydrogen-bond acceptors (Lipinski definition) is 4. The lowest BCUT2D eigenvalue weighted by molar-refractivity contribution is -0.113. The van der Waals surface area contributed by atoms with Gasteiger partial charge in [0.2, 0.25) is 0 Å². The van der Waals surface area contributed by atoms with Crippen LogP contribution in [0.5, 0.6) is 0 Å². The molecule has 0 aliphatic carbocycles. The van der Waals surface area contributed by atoms with Crippen LogP contribution in [-0.4, -0.2) is 10.2 Å². The van der Waals surface area contributed by atoms with E-state index in [9.17, 15) is 4.79 Å². The fraction of sp³-hybridized carbons (Fsp3) is 0. The molecule has 1 aromatic heterocycles. The maximum atomic E-state index is 12.4. The first-order chi connectivity index (χ1) is 9.65. The summed E-state index contributed by atoms with van der Waals surface area (Å²) in [6, 6.07) is 11.0. The molecule has 6 heteroatoms. The molecule has 1 aliphatic rings. The number of furan rings is 1. The minimum absolute atomic E-state index is 0.126. The van der Waals surface area contributed by atoms with Crippen LogP contribution in [-0.2, 0) is 4.79 Å². The molecule has 3 nitrogen and oxygen atoms in total. The largest absolute Gasteiger partial charge is 0.465 e. The predicted octanol–water partition coefficient (Wildman–Crippen LogP) is 4.45. The Morgan fingerprint density at radius 3 is 2.65 bits per heavy atom. The summed E-state index contributed by atoms with van der Waals surface area (Å²) in [6.07, 6.45) is 3.28. The van der Waals surface area contributed by atoms with Gasteiger partial charge >= 0.3 is 0 Å². The van der Waals surface area contributed by atoms with Crippen LogP contribution in [0.4, 0.5) is 5.69 Å². The monoisotopic (exact) mass is 365 g/mol. The Hall–Kier alpha value is -1.37. The maximum Gasteiger partial charge on any atom is 0.270 e. The van der Waals surface area contributed by atoms with Gasteiger partial charge in [-0.15, -0.1) is 0 Å². The van der Waals surface area contributed by atoms with Crippen LogP contribution in [0.25, 0.3) is 6.08 Å². The van der Waals surface area contributed by atoms with E-state index in [2.05, 4.69) is 15.9 Å². The summed E-state index contributed by atoms with van der Waals surface area (Å²) in [7, 11) is 0. The van der Waals surface area contributed by atoms with Crippen molar-refractivity contribution in [1.29, 1.82) is 0 Å². The minimum atomic E-state index is -0.126. The van der Waals surface area contributed by atoms with Gasteiger partial charge < -0.3 is 4.42 Å². The molecule has 1 saturated heterocycles. The van der Waals surface area contributed by atoms with E-state index < -0.39 is 0 Å². The number of thiocarbonyl (C=S) groups is 1. The second-order valence-corrected chi connectivity index (χ2v) is 6.60. The van der Waals surface area contributed by atoms with E-state index in [1.165, 1.54) is 16.7 Å². The lowest BCUT2D eigenvalue weighted by Crippen LogP contribution is -2.27. The topological polar surface area (TPSA) is 33.5 Å². The molecule has 20 heavy (non-hydrogen) atoms. The first kappa shape index (κ1) is 13.6. The van der Waals surface area contributed by atoms with E-state index in [4.69, 9.17) is 16.6 Å². The average Bonchev–Trinajstić information content (AvgIpc) is 3.02. The highest BCUT2D eigenvalue weighted by molar-refractivity contribution is 9.10. The molecule has 2 heterocycles. The molecule has 0 spiro atoms. The third kappa shape index (κ3) is 2.59. The first-order valence-corrected chi connectivity index (χ1v) is 7.74. The summed E-state index contributed by atoms with van der Waals surface area (Å²) in [5.41, 5.74) is 0.763. The number of carbonyl (C=O) groups is 1. The van der Waals surface area contributed by atoms with Crippen LogP contribution >= 0.6 is 39.9 Å². The Balaban J connectivity index is 1.93. The van der Waals surface area contributed by atoms with Crippen LogP contribution in [0.1, 0.15) is 5.76 Å². The fourth-order valence-corrected chi connectivity index (χ4v) is 3.33. The Labute approximate surface area is 133 Å². The molecule has 100 valence electrons. The third-order valence-electron chi connectivity index (χ3n) is 2.70. The van der Waals surface area contributed by atoms with Crippen LogP contribution in [0, 0.1) is 0 Å². The summed E-state index contributed by atoms with van der Waals surface area (Å²) < 4.78 is 6.71. The zero-order valence-corrected chi connectivity index (χ0v) is 13.3. The molecule has 2 aromatic rings. The Kier molecular flexibility index (Phi) is 3.78. The second kappa shape index (κ2) is 5.55. The molecule has 1 aliphatic heterocycles. The number of nitrogens with zero attached hydrogens (tertiary/aromatic N) is 1. The van der Waals surface area contributed by atoms with Crippen LogP contribution in [0.3, 0.4) is 0 Å². The average molecular weight is 366 g/mol. The number of thioether (sulfide) groups is 1. The third-order valence-corrected chi connectivity index (χ3v) is 4.53. The zero-order chi connectivity index (χ0) is 14.1. The zero-order valence-electron chi connectivity index (χ0n) is 10.1. The normalized spacial score (nSPS) is 17.2. The number of halogens is 1. The van der Waals surface area contributed by atoms with Crippen molar-refractivity contribution < 1.29 is 9.21 Å². The van der Waals surface area contributed by atoms with Crippen molar-refractivity contribution in [3.63, 3.8) is 0 Å². The van der Waals surface area contributed by atoms with E-state index in [1.54, 1.807) is 24.5 Å². The van der Waals surface area contributed by atoms with Crippen molar-refractivity contribution in [3.05, 3.63) is 57.8 Å². The number of rotatable bonds is 2.